The maximum Gasteiger partial charge on any atom is 0.262 e. The van der Waals surface area contributed by atoms with E-state index in [1.54, 1.807) is 10.6 Å². The van der Waals surface area contributed by atoms with Gasteiger partial charge in [-0.25, -0.2) is 9.97 Å². The zero-order valence-corrected chi connectivity index (χ0v) is 18.5. The fraction of sp³-hybridized carbons (Fsp3) is 0.217. The number of fused-ring (bicyclic) bond motifs is 2. The van der Waals surface area contributed by atoms with Gasteiger partial charge in [-0.2, -0.15) is 5.26 Å². The Bertz CT molecular complexity index is 1350. The molecule has 0 saturated carbocycles. The first-order valence-corrected chi connectivity index (χ1v) is 11.7. The van der Waals surface area contributed by atoms with Crippen molar-refractivity contribution in [2.45, 2.75) is 31.5 Å². The summed E-state index contributed by atoms with van der Waals surface area (Å²) in [5, 5.41) is 21.9. The molecule has 0 aliphatic carbocycles. The number of nitriles is 1. The van der Waals surface area contributed by atoms with Crippen molar-refractivity contribution in [2.24, 2.45) is 0 Å². The van der Waals surface area contributed by atoms with Gasteiger partial charge < -0.3 is 5.11 Å². The van der Waals surface area contributed by atoms with E-state index in [9.17, 15) is 15.2 Å². The molecule has 31 heavy (non-hydrogen) atoms. The third kappa shape index (κ3) is 4.33. The number of thiazole rings is 1. The highest BCUT2D eigenvalue weighted by Gasteiger charge is 2.16. The molecule has 4 rings (SSSR count). The first-order chi connectivity index (χ1) is 15.1. The first-order valence-electron chi connectivity index (χ1n) is 9.93. The van der Waals surface area contributed by atoms with Crippen molar-refractivity contribution < 1.29 is 5.11 Å². The SMILES string of the molecule is CCCCn1c(SC/C(O)=C(\C#N)c2nc3ccccc3s2)nc2ccccc2c1=O. The summed E-state index contributed by atoms with van der Waals surface area (Å²) in [6.45, 7) is 2.63. The van der Waals surface area contributed by atoms with Crippen LogP contribution in [0.4, 0.5) is 0 Å². The number of aliphatic hydroxyl groups is 1. The van der Waals surface area contributed by atoms with Gasteiger partial charge in [-0.15, -0.1) is 11.3 Å². The molecule has 0 spiro atoms. The monoisotopic (exact) mass is 448 g/mol. The highest BCUT2D eigenvalue weighted by atomic mass is 32.2. The van der Waals surface area contributed by atoms with Crippen LogP contribution in [0, 0.1) is 11.3 Å². The summed E-state index contributed by atoms with van der Waals surface area (Å²) >= 11 is 2.62. The number of allylic oxidation sites excluding steroid dienone is 1. The van der Waals surface area contributed by atoms with Crippen molar-refractivity contribution in [3.8, 4) is 6.07 Å². The Morgan fingerprint density at radius 2 is 1.90 bits per heavy atom. The van der Waals surface area contributed by atoms with E-state index in [2.05, 4.69) is 23.0 Å². The fourth-order valence-corrected chi connectivity index (χ4v) is 5.08. The van der Waals surface area contributed by atoms with Crippen LogP contribution in [-0.2, 0) is 6.54 Å². The van der Waals surface area contributed by atoms with Crippen LogP contribution in [-0.4, -0.2) is 25.4 Å². The highest BCUT2D eigenvalue weighted by Crippen LogP contribution is 2.30. The van der Waals surface area contributed by atoms with E-state index in [0.717, 1.165) is 23.1 Å². The number of hydrogen-bond donors (Lipinski definition) is 1. The number of thioether (sulfide) groups is 1. The van der Waals surface area contributed by atoms with E-state index in [-0.39, 0.29) is 22.6 Å². The van der Waals surface area contributed by atoms with Crippen molar-refractivity contribution in [2.75, 3.05) is 5.75 Å². The summed E-state index contributed by atoms with van der Waals surface area (Å²) in [6.07, 6.45) is 1.80. The van der Waals surface area contributed by atoms with Crippen molar-refractivity contribution in [1.82, 2.24) is 14.5 Å². The Morgan fingerprint density at radius 1 is 1.16 bits per heavy atom. The molecule has 8 heteroatoms. The van der Waals surface area contributed by atoms with Gasteiger partial charge in [0, 0.05) is 6.54 Å². The predicted molar refractivity (Wildman–Crippen MR) is 126 cm³/mol. The van der Waals surface area contributed by atoms with Crippen molar-refractivity contribution in [1.29, 1.82) is 5.26 Å². The van der Waals surface area contributed by atoms with Crippen LogP contribution in [0.5, 0.6) is 0 Å². The molecule has 6 nitrogen and oxygen atoms in total. The lowest BCUT2D eigenvalue weighted by molar-refractivity contribution is 0.420. The smallest absolute Gasteiger partial charge is 0.262 e. The molecule has 1 N–H and O–H groups in total. The Balaban J connectivity index is 1.68. The summed E-state index contributed by atoms with van der Waals surface area (Å²) in [6, 6.07) is 16.9. The Kier molecular flexibility index (Phi) is 6.35. The van der Waals surface area contributed by atoms with Crippen molar-refractivity contribution in [3.63, 3.8) is 0 Å². The fourth-order valence-electron chi connectivity index (χ4n) is 3.19. The number of nitrogens with zero attached hydrogens (tertiary/aromatic N) is 4. The molecule has 0 atom stereocenters. The number of para-hydroxylation sites is 2. The normalized spacial score (nSPS) is 12.1. The van der Waals surface area contributed by atoms with Crippen LogP contribution < -0.4 is 5.56 Å². The quantitative estimate of drug-likeness (QED) is 0.176. The molecule has 2 aromatic carbocycles. The molecule has 0 fully saturated rings. The molecule has 0 amide bonds. The molecule has 0 unspecified atom stereocenters. The average molecular weight is 449 g/mol. The molecule has 4 aromatic rings. The van der Waals surface area contributed by atoms with Crippen LogP contribution in [0.1, 0.15) is 24.8 Å². The number of rotatable bonds is 7. The van der Waals surface area contributed by atoms with Gasteiger partial charge in [0.2, 0.25) is 0 Å². The topological polar surface area (TPSA) is 91.8 Å². The van der Waals surface area contributed by atoms with Gasteiger partial charge in [-0.3, -0.25) is 9.36 Å². The molecule has 0 saturated heterocycles. The van der Waals surface area contributed by atoms with E-state index in [1.165, 1.54) is 23.1 Å². The third-order valence-corrected chi connectivity index (χ3v) is 6.85. The molecule has 0 aliphatic heterocycles. The summed E-state index contributed by atoms with van der Waals surface area (Å²) < 4.78 is 2.61. The maximum absolute atomic E-state index is 13.0. The number of aromatic nitrogens is 3. The molecule has 0 bridgehead atoms. The van der Waals surface area contributed by atoms with E-state index >= 15 is 0 Å². The molecule has 156 valence electrons. The largest absolute Gasteiger partial charge is 0.510 e. The third-order valence-electron chi connectivity index (χ3n) is 4.81. The van der Waals surface area contributed by atoms with Crippen LogP contribution in [0.25, 0.3) is 26.7 Å². The molecule has 2 aromatic heterocycles. The second-order valence-electron chi connectivity index (χ2n) is 6.93. The summed E-state index contributed by atoms with van der Waals surface area (Å²) in [5.41, 5.74) is 1.48. The number of aliphatic hydroxyl groups excluding tert-OH is 1. The van der Waals surface area contributed by atoms with Gasteiger partial charge in [0.25, 0.3) is 5.56 Å². The Labute approximate surface area is 187 Å². The molecule has 0 radical (unpaired) electrons. The minimum atomic E-state index is -0.0864. The van der Waals surface area contributed by atoms with E-state index in [4.69, 9.17) is 0 Å². The lowest BCUT2D eigenvalue weighted by Gasteiger charge is -2.12. The standard InChI is InChI=1S/C23H20N4O2S2/c1-2-3-12-27-22(29)15-8-4-5-9-17(15)26-23(27)30-14-19(28)16(13-24)21-25-18-10-6-7-11-20(18)31-21/h4-11,28H,2-3,12,14H2,1H3/b19-16-. The number of unbranched alkanes of at least 4 members (excludes halogenated alkanes) is 1. The van der Waals surface area contributed by atoms with Gasteiger partial charge in [0.05, 0.1) is 26.9 Å². The number of hydrogen-bond acceptors (Lipinski definition) is 7. The van der Waals surface area contributed by atoms with Crippen molar-refractivity contribution in [3.05, 3.63) is 69.7 Å². The number of benzene rings is 2. The minimum absolute atomic E-state index is 0.0731. The second kappa shape index (κ2) is 9.33. The Hall–Kier alpha value is -3.15. The molecule has 0 aliphatic rings. The molecular weight excluding hydrogens is 428 g/mol. The summed E-state index contributed by atoms with van der Waals surface area (Å²) in [4.78, 5) is 22.1. The van der Waals surface area contributed by atoms with Gasteiger partial charge in [0.1, 0.15) is 22.4 Å². The van der Waals surface area contributed by atoms with Gasteiger partial charge >= 0.3 is 0 Å². The molecule has 2 heterocycles. The highest BCUT2D eigenvalue weighted by molar-refractivity contribution is 7.99. The maximum atomic E-state index is 13.0. The van der Waals surface area contributed by atoms with Gasteiger partial charge in [0.15, 0.2) is 5.16 Å². The van der Waals surface area contributed by atoms with Crippen LogP contribution in [0.2, 0.25) is 0 Å². The molecular formula is C23H20N4O2S2. The lowest BCUT2D eigenvalue weighted by Crippen LogP contribution is -2.23. The van der Waals surface area contributed by atoms with Crippen LogP contribution >= 0.6 is 23.1 Å². The van der Waals surface area contributed by atoms with E-state index < -0.39 is 0 Å². The van der Waals surface area contributed by atoms with Gasteiger partial charge in [-0.05, 0) is 30.7 Å². The lowest BCUT2D eigenvalue weighted by atomic mass is 10.2. The van der Waals surface area contributed by atoms with Crippen LogP contribution in [0.3, 0.4) is 0 Å². The van der Waals surface area contributed by atoms with Crippen molar-refractivity contribution >= 4 is 49.8 Å². The zero-order valence-electron chi connectivity index (χ0n) is 16.9. The van der Waals surface area contributed by atoms with Crippen LogP contribution in [0.15, 0.2) is 64.2 Å². The Morgan fingerprint density at radius 3 is 2.65 bits per heavy atom. The average Bonchev–Trinajstić information content (AvgIpc) is 3.21. The summed E-state index contributed by atoms with van der Waals surface area (Å²) in [5.74, 6) is 0.0476. The zero-order chi connectivity index (χ0) is 21.8. The van der Waals surface area contributed by atoms with Gasteiger partial charge in [-0.1, -0.05) is 49.4 Å². The predicted octanol–water partition coefficient (Wildman–Crippen LogP) is 5.39. The van der Waals surface area contributed by atoms with E-state index in [1.807, 2.05) is 42.5 Å². The summed E-state index contributed by atoms with van der Waals surface area (Å²) in [7, 11) is 0. The van der Waals surface area contributed by atoms with E-state index in [0.29, 0.717) is 27.6 Å². The first kappa shape index (κ1) is 21.1. The minimum Gasteiger partial charge on any atom is -0.510 e. The second-order valence-corrected chi connectivity index (χ2v) is 8.90.